The van der Waals surface area contributed by atoms with E-state index < -0.39 is 0 Å². The Morgan fingerprint density at radius 3 is 2.31 bits per heavy atom. The van der Waals surface area contributed by atoms with E-state index in [1.54, 1.807) is 11.8 Å². The van der Waals surface area contributed by atoms with Gasteiger partial charge in [-0.15, -0.1) is 0 Å². The van der Waals surface area contributed by atoms with E-state index in [4.69, 9.17) is 4.98 Å². The number of aromatic nitrogens is 2. The molecule has 5 rings (SSSR count). The molecule has 0 bridgehead atoms. The van der Waals surface area contributed by atoms with Gasteiger partial charge < -0.3 is 0 Å². The molecule has 29 heavy (non-hydrogen) atoms. The van der Waals surface area contributed by atoms with Crippen molar-refractivity contribution in [3.63, 3.8) is 0 Å². The molecule has 3 nitrogen and oxygen atoms in total. The van der Waals surface area contributed by atoms with E-state index in [2.05, 4.69) is 24.3 Å². The van der Waals surface area contributed by atoms with Gasteiger partial charge in [0.15, 0.2) is 0 Å². The number of benzene rings is 3. The fourth-order valence-corrected chi connectivity index (χ4v) is 4.48. The molecule has 0 aliphatic rings. The highest BCUT2D eigenvalue weighted by atomic mass is 32.2. The number of carbonyl (C=O) groups excluding carboxylic acids is 1. The quantitative estimate of drug-likeness (QED) is 0.270. The minimum atomic E-state index is -0.0102. The van der Waals surface area contributed by atoms with Gasteiger partial charge in [0.05, 0.1) is 0 Å². The molecule has 2 aromatic heterocycles. The number of nitrogens with zero attached hydrogens (tertiary/aromatic N) is 2. The van der Waals surface area contributed by atoms with Crippen molar-refractivity contribution in [2.75, 3.05) is 0 Å². The van der Waals surface area contributed by atoms with Crippen molar-refractivity contribution < 1.29 is 4.79 Å². The van der Waals surface area contributed by atoms with Crippen molar-refractivity contribution in [2.24, 2.45) is 0 Å². The first-order valence-electron chi connectivity index (χ1n) is 9.47. The van der Waals surface area contributed by atoms with E-state index in [9.17, 15) is 4.79 Å². The Morgan fingerprint density at radius 1 is 0.828 bits per heavy atom. The van der Waals surface area contributed by atoms with Crippen LogP contribution in [0, 0.1) is 0 Å². The second-order valence-electron chi connectivity index (χ2n) is 6.83. The highest BCUT2D eigenvalue weighted by Crippen LogP contribution is 2.31. The summed E-state index contributed by atoms with van der Waals surface area (Å²) in [5.74, 6) is 0.751. The number of hydrogen-bond donors (Lipinski definition) is 0. The van der Waals surface area contributed by atoms with Crippen LogP contribution in [0.5, 0.6) is 0 Å². The number of pyridine rings is 1. The van der Waals surface area contributed by atoms with Gasteiger partial charge >= 0.3 is 0 Å². The molecule has 0 saturated heterocycles. The highest BCUT2D eigenvalue weighted by molar-refractivity contribution is 7.98. The molecule has 0 spiro atoms. The number of thioether (sulfide) groups is 1. The number of imidazole rings is 1. The molecule has 5 aromatic rings. The molecule has 2 heterocycles. The van der Waals surface area contributed by atoms with Crippen LogP contribution in [-0.4, -0.2) is 15.2 Å². The lowest BCUT2D eigenvalue weighted by atomic mass is 10.1. The first kappa shape index (κ1) is 17.7. The molecule has 0 amide bonds. The zero-order valence-corrected chi connectivity index (χ0v) is 16.5. The lowest BCUT2D eigenvalue weighted by molar-refractivity contribution is 0.103. The Hall–Kier alpha value is -3.37. The van der Waals surface area contributed by atoms with Crippen molar-refractivity contribution in [1.29, 1.82) is 0 Å². The monoisotopic (exact) mass is 394 g/mol. The van der Waals surface area contributed by atoms with Gasteiger partial charge in [-0.1, -0.05) is 96.7 Å². The van der Waals surface area contributed by atoms with E-state index >= 15 is 0 Å². The van der Waals surface area contributed by atoms with Gasteiger partial charge in [0.1, 0.15) is 16.4 Å². The first-order chi connectivity index (χ1) is 14.3. The summed E-state index contributed by atoms with van der Waals surface area (Å²) in [6.45, 7) is 0. The molecule has 0 aliphatic carbocycles. The van der Waals surface area contributed by atoms with E-state index in [1.807, 2.05) is 77.3 Å². The van der Waals surface area contributed by atoms with Crippen LogP contribution in [0.3, 0.4) is 0 Å². The summed E-state index contributed by atoms with van der Waals surface area (Å²) in [6.07, 6.45) is 1.95. The van der Waals surface area contributed by atoms with Gasteiger partial charge in [0.2, 0.25) is 5.78 Å². The molecule has 0 atom stereocenters. The summed E-state index contributed by atoms with van der Waals surface area (Å²) in [6, 6.07) is 29.9. The number of fused-ring (bicyclic) bond motifs is 3. The van der Waals surface area contributed by atoms with E-state index in [-0.39, 0.29) is 5.78 Å². The fraction of sp³-hybridized carbons (Fsp3) is 0.0400. The maximum absolute atomic E-state index is 13.4. The van der Waals surface area contributed by atoms with E-state index in [0.29, 0.717) is 11.3 Å². The topological polar surface area (TPSA) is 34.4 Å². The number of carbonyl (C=O) groups is 1. The number of hydrogen-bond acceptors (Lipinski definition) is 3. The van der Waals surface area contributed by atoms with Crippen LogP contribution in [-0.2, 0) is 5.75 Å². The summed E-state index contributed by atoms with van der Waals surface area (Å²) in [5, 5.41) is 2.92. The molecular weight excluding hydrogens is 376 g/mol. The Labute approximate surface area is 173 Å². The van der Waals surface area contributed by atoms with E-state index in [1.165, 1.54) is 5.56 Å². The summed E-state index contributed by atoms with van der Waals surface area (Å²) in [4.78, 5) is 18.3. The summed E-state index contributed by atoms with van der Waals surface area (Å²) < 4.78 is 1.94. The molecule has 3 aromatic carbocycles. The van der Waals surface area contributed by atoms with Crippen molar-refractivity contribution in [2.45, 2.75) is 10.8 Å². The molecule has 0 radical (unpaired) electrons. The van der Waals surface area contributed by atoms with Gasteiger partial charge in [-0.2, -0.15) is 0 Å². The van der Waals surface area contributed by atoms with Crippen LogP contribution in [0.2, 0.25) is 0 Å². The zero-order valence-electron chi connectivity index (χ0n) is 15.7. The lowest BCUT2D eigenvalue weighted by Crippen LogP contribution is -2.06. The molecule has 0 saturated carbocycles. The van der Waals surface area contributed by atoms with Crippen molar-refractivity contribution >= 4 is 34.0 Å². The highest BCUT2D eigenvalue weighted by Gasteiger charge is 2.22. The lowest BCUT2D eigenvalue weighted by Gasteiger charge is -2.06. The second-order valence-corrected chi connectivity index (χ2v) is 7.80. The maximum atomic E-state index is 13.4. The van der Waals surface area contributed by atoms with Crippen molar-refractivity contribution in [1.82, 2.24) is 9.38 Å². The van der Waals surface area contributed by atoms with Crippen molar-refractivity contribution in [3.05, 3.63) is 114 Å². The Kier molecular flexibility index (Phi) is 4.62. The minimum absolute atomic E-state index is 0.0102. The summed E-state index contributed by atoms with van der Waals surface area (Å²) >= 11 is 1.60. The molecule has 0 fully saturated rings. The predicted octanol–water partition coefficient (Wildman–Crippen LogP) is 6.01. The number of rotatable bonds is 5. The normalized spacial score (nSPS) is 11.2. The minimum Gasteiger partial charge on any atom is -0.295 e. The fourth-order valence-electron chi connectivity index (χ4n) is 3.51. The third-order valence-electron chi connectivity index (χ3n) is 4.95. The van der Waals surface area contributed by atoms with Gasteiger partial charge in [-0.3, -0.25) is 9.20 Å². The average Bonchev–Trinajstić information content (AvgIpc) is 3.17. The van der Waals surface area contributed by atoms with Gasteiger partial charge in [-0.05, 0) is 17.0 Å². The molecular formula is C25H18N2OS. The van der Waals surface area contributed by atoms with E-state index in [0.717, 1.165) is 27.2 Å². The standard InChI is InChI=1S/C25H18N2OS/c28-23(20-12-5-2-6-13-20)22-25(29-17-18-9-3-1-4-10-18)26-24-21-14-8-7-11-19(21)15-16-27(22)24/h1-16H,17H2. The Bertz CT molecular complexity index is 1310. The van der Waals surface area contributed by atoms with Crippen LogP contribution in [0.4, 0.5) is 0 Å². The average molecular weight is 394 g/mol. The maximum Gasteiger partial charge on any atom is 0.212 e. The Balaban J connectivity index is 1.67. The van der Waals surface area contributed by atoms with Crippen LogP contribution in [0.1, 0.15) is 21.6 Å². The molecule has 0 aliphatic heterocycles. The molecule has 0 unspecified atom stereocenters. The third-order valence-corrected chi connectivity index (χ3v) is 5.99. The Morgan fingerprint density at radius 2 is 1.52 bits per heavy atom. The summed E-state index contributed by atoms with van der Waals surface area (Å²) in [7, 11) is 0. The van der Waals surface area contributed by atoms with Crippen LogP contribution in [0.25, 0.3) is 16.4 Å². The first-order valence-corrected chi connectivity index (χ1v) is 10.5. The van der Waals surface area contributed by atoms with Crippen LogP contribution >= 0.6 is 11.8 Å². The third kappa shape index (κ3) is 3.32. The molecule has 4 heteroatoms. The zero-order chi connectivity index (χ0) is 19.6. The number of ketones is 1. The van der Waals surface area contributed by atoms with Crippen LogP contribution in [0.15, 0.2) is 102 Å². The smallest absolute Gasteiger partial charge is 0.212 e. The molecule has 140 valence electrons. The van der Waals surface area contributed by atoms with Crippen LogP contribution < -0.4 is 0 Å². The largest absolute Gasteiger partial charge is 0.295 e. The second kappa shape index (κ2) is 7.57. The SMILES string of the molecule is O=C(c1ccccc1)c1c(SCc2ccccc2)nc2c3ccccc3ccn12. The molecule has 0 N–H and O–H groups in total. The van der Waals surface area contributed by atoms with Gasteiger partial charge in [-0.25, -0.2) is 4.98 Å². The summed E-state index contributed by atoms with van der Waals surface area (Å²) in [5.41, 5.74) is 3.32. The van der Waals surface area contributed by atoms with Crippen molar-refractivity contribution in [3.8, 4) is 0 Å². The van der Waals surface area contributed by atoms with Gasteiger partial charge in [0.25, 0.3) is 0 Å². The van der Waals surface area contributed by atoms with Gasteiger partial charge in [0, 0.05) is 22.9 Å². The predicted molar refractivity (Wildman–Crippen MR) is 119 cm³/mol.